The minimum absolute atomic E-state index is 0.166. The Morgan fingerprint density at radius 2 is 1.71 bits per heavy atom. The van der Waals surface area contributed by atoms with Crippen molar-refractivity contribution in [2.45, 2.75) is 51.4 Å². The lowest BCUT2D eigenvalue weighted by atomic mass is 10.1. The third-order valence-corrected chi connectivity index (χ3v) is 4.96. The number of ether oxygens (including phenoxy) is 2. The van der Waals surface area contributed by atoms with Crippen LogP contribution in [0.4, 0.5) is 0 Å². The number of aliphatic carboxylic acids is 1. The summed E-state index contributed by atoms with van der Waals surface area (Å²) in [5.41, 5.74) is 1.55. The number of likely N-dealkylation sites (N-methyl/N-ethyl adjacent to an activating group) is 1. The summed E-state index contributed by atoms with van der Waals surface area (Å²) in [4.78, 5) is 23.1. The van der Waals surface area contributed by atoms with E-state index in [4.69, 9.17) is 19.7 Å². The first kappa shape index (κ1) is 30.0. The molecule has 1 amide bonds. The van der Waals surface area contributed by atoms with Gasteiger partial charge in [-0.3, -0.25) is 10.1 Å². The predicted molar refractivity (Wildman–Crippen MR) is 130 cm³/mol. The smallest absolute Gasteiger partial charge is 0.335 e. The molecule has 0 saturated carbocycles. The maximum Gasteiger partial charge on any atom is 0.335 e. The van der Waals surface area contributed by atoms with Crippen LogP contribution < -0.4 is 15.4 Å². The standard InChI is InChI=1S/C24H32N2O7.CH4O/c1-24(2,33-21(22(29)25-3)20(28)23(30)31)26-12-11-16-9-10-19(18(13-16)14-27)32-15-17-7-5-4-6-8-17;1-2/h4-10,13,20-21,26-28H,11-12,14-15H2,1-3H3,(H,25,29)(H,30,31);2H,1H3. The van der Waals surface area contributed by atoms with E-state index in [1.54, 1.807) is 13.8 Å². The highest BCUT2D eigenvalue weighted by Gasteiger charge is 2.37. The fourth-order valence-corrected chi connectivity index (χ4v) is 3.19. The molecule has 0 saturated heterocycles. The fourth-order valence-electron chi connectivity index (χ4n) is 3.19. The van der Waals surface area contributed by atoms with Crippen LogP contribution in [0.1, 0.15) is 30.5 Å². The summed E-state index contributed by atoms with van der Waals surface area (Å²) >= 11 is 0. The van der Waals surface area contributed by atoms with Gasteiger partial charge in [0, 0.05) is 26.3 Å². The zero-order valence-electron chi connectivity index (χ0n) is 20.5. The average molecular weight is 493 g/mol. The molecule has 10 heteroatoms. The number of benzene rings is 2. The fraction of sp³-hybridized carbons (Fsp3) is 0.440. The lowest BCUT2D eigenvalue weighted by Gasteiger charge is -2.32. The number of carbonyl (C=O) groups excluding carboxylic acids is 1. The number of hydrogen-bond acceptors (Lipinski definition) is 8. The highest BCUT2D eigenvalue weighted by molar-refractivity contribution is 5.87. The monoisotopic (exact) mass is 492 g/mol. The van der Waals surface area contributed by atoms with Crippen LogP contribution in [0.3, 0.4) is 0 Å². The van der Waals surface area contributed by atoms with Gasteiger partial charge in [-0.05, 0) is 43.5 Å². The Balaban J connectivity index is 0.00000298. The molecular formula is C25H36N2O8. The summed E-state index contributed by atoms with van der Waals surface area (Å²) in [5, 5.41) is 41.0. The number of carbonyl (C=O) groups is 2. The number of nitrogens with one attached hydrogen (secondary N) is 2. The third kappa shape index (κ3) is 10.0. The van der Waals surface area contributed by atoms with E-state index in [0.29, 0.717) is 30.9 Å². The molecule has 194 valence electrons. The van der Waals surface area contributed by atoms with Crippen molar-refractivity contribution in [3.05, 3.63) is 65.2 Å². The quantitative estimate of drug-likeness (QED) is 0.223. The Labute approximate surface area is 205 Å². The Hall–Kier alpha value is -3.02. The van der Waals surface area contributed by atoms with E-state index in [9.17, 15) is 19.8 Å². The van der Waals surface area contributed by atoms with Gasteiger partial charge in [0.05, 0.1) is 6.61 Å². The van der Waals surface area contributed by atoms with Crippen molar-refractivity contribution in [1.29, 1.82) is 0 Å². The van der Waals surface area contributed by atoms with E-state index in [2.05, 4.69) is 10.6 Å². The molecule has 0 radical (unpaired) electrons. The molecule has 2 aromatic carbocycles. The number of rotatable bonds is 13. The summed E-state index contributed by atoms with van der Waals surface area (Å²) in [5.74, 6) is -1.68. The Kier molecular flexibility index (Phi) is 12.9. The van der Waals surface area contributed by atoms with Gasteiger partial charge in [0.1, 0.15) is 18.1 Å². The van der Waals surface area contributed by atoms with Gasteiger partial charge in [-0.25, -0.2) is 4.79 Å². The lowest BCUT2D eigenvalue weighted by Crippen LogP contribution is -2.54. The molecule has 2 unspecified atom stereocenters. The van der Waals surface area contributed by atoms with Crippen LogP contribution in [0.2, 0.25) is 0 Å². The maximum absolute atomic E-state index is 12.0. The van der Waals surface area contributed by atoms with E-state index in [-0.39, 0.29) is 6.61 Å². The van der Waals surface area contributed by atoms with Crippen LogP contribution >= 0.6 is 0 Å². The van der Waals surface area contributed by atoms with Crippen molar-refractivity contribution in [1.82, 2.24) is 10.6 Å². The summed E-state index contributed by atoms with van der Waals surface area (Å²) in [6.45, 7) is 3.94. The van der Waals surface area contributed by atoms with Gasteiger partial charge in [0.2, 0.25) is 0 Å². The summed E-state index contributed by atoms with van der Waals surface area (Å²) in [6.07, 6.45) is -3.00. The molecule has 35 heavy (non-hydrogen) atoms. The number of carboxylic acid groups (broad SMARTS) is 1. The van der Waals surface area contributed by atoms with Gasteiger partial charge < -0.3 is 35.2 Å². The van der Waals surface area contributed by atoms with Crippen molar-refractivity contribution < 1.29 is 39.5 Å². The Morgan fingerprint density at radius 3 is 2.29 bits per heavy atom. The minimum atomic E-state index is -2.00. The normalized spacial score (nSPS) is 12.7. The number of aliphatic hydroxyl groups is 3. The lowest BCUT2D eigenvalue weighted by molar-refractivity contribution is -0.177. The summed E-state index contributed by atoms with van der Waals surface area (Å²) in [7, 11) is 2.33. The molecule has 2 rings (SSSR count). The van der Waals surface area contributed by atoms with Crippen LogP contribution in [0.15, 0.2) is 48.5 Å². The van der Waals surface area contributed by atoms with E-state index >= 15 is 0 Å². The summed E-state index contributed by atoms with van der Waals surface area (Å²) in [6, 6.07) is 15.3. The second kappa shape index (κ2) is 15.1. The zero-order valence-corrected chi connectivity index (χ0v) is 20.5. The molecule has 0 heterocycles. The highest BCUT2D eigenvalue weighted by atomic mass is 16.5. The van der Waals surface area contributed by atoms with Crippen molar-refractivity contribution in [3.63, 3.8) is 0 Å². The van der Waals surface area contributed by atoms with Crippen molar-refractivity contribution in [3.8, 4) is 5.75 Å². The van der Waals surface area contributed by atoms with E-state index < -0.39 is 29.8 Å². The minimum Gasteiger partial charge on any atom is -0.489 e. The Morgan fingerprint density at radius 1 is 1.06 bits per heavy atom. The number of aliphatic hydroxyl groups excluding tert-OH is 3. The molecule has 0 fully saturated rings. The second-order valence-corrected chi connectivity index (χ2v) is 8.00. The Bertz CT molecular complexity index is 921. The van der Waals surface area contributed by atoms with Crippen LogP contribution in [-0.2, 0) is 34.0 Å². The molecule has 0 aliphatic heterocycles. The number of hydrogen-bond donors (Lipinski definition) is 6. The van der Waals surface area contributed by atoms with Crippen molar-refractivity contribution in [2.24, 2.45) is 0 Å². The first-order chi connectivity index (χ1) is 16.7. The highest BCUT2D eigenvalue weighted by Crippen LogP contribution is 2.22. The molecule has 0 aromatic heterocycles. The van der Waals surface area contributed by atoms with E-state index in [1.807, 2.05) is 48.5 Å². The van der Waals surface area contributed by atoms with Crippen molar-refractivity contribution >= 4 is 11.9 Å². The largest absolute Gasteiger partial charge is 0.489 e. The second-order valence-electron chi connectivity index (χ2n) is 8.00. The first-order valence-corrected chi connectivity index (χ1v) is 11.1. The number of amides is 1. The molecule has 0 bridgehead atoms. The van der Waals surface area contributed by atoms with Crippen LogP contribution in [0.25, 0.3) is 0 Å². The van der Waals surface area contributed by atoms with Gasteiger partial charge in [0.15, 0.2) is 12.2 Å². The van der Waals surface area contributed by atoms with Gasteiger partial charge in [-0.2, -0.15) is 0 Å². The number of carboxylic acids is 1. The van der Waals surface area contributed by atoms with Gasteiger partial charge in [0.25, 0.3) is 5.91 Å². The van der Waals surface area contributed by atoms with Crippen LogP contribution in [0, 0.1) is 0 Å². The maximum atomic E-state index is 12.0. The van der Waals surface area contributed by atoms with Gasteiger partial charge >= 0.3 is 5.97 Å². The molecule has 2 atom stereocenters. The topological polar surface area (TPSA) is 158 Å². The summed E-state index contributed by atoms with van der Waals surface area (Å²) < 4.78 is 11.4. The van der Waals surface area contributed by atoms with E-state index in [0.717, 1.165) is 18.2 Å². The molecule has 10 nitrogen and oxygen atoms in total. The van der Waals surface area contributed by atoms with Gasteiger partial charge in [-0.1, -0.05) is 36.4 Å². The molecule has 6 N–H and O–H groups in total. The van der Waals surface area contributed by atoms with Crippen molar-refractivity contribution in [2.75, 3.05) is 20.7 Å². The molecule has 2 aromatic rings. The molecule has 0 aliphatic carbocycles. The van der Waals surface area contributed by atoms with E-state index in [1.165, 1.54) is 7.05 Å². The van der Waals surface area contributed by atoms with Crippen LogP contribution in [-0.4, -0.2) is 70.9 Å². The molecule has 0 aliphatic rings. The zero-order chi connectivity index (χ0) is 26.4. The molecular weight excluding hydrogens is 456 g/mol. The third-order valence-electron chi connectivity index (χ3n) is 4.96. The average Bonchev–Trinajstić information content (AvgIpc) is 2.87. The predicted octanol–water partition coefficient (Wildman–Crippen LogP) is 0.811. The van der Waals surface area contributed by atoms with Gasteiger partial charge in [-0.15, -0.1) is 0 Å². The first-order valence-electron chi connectivity index (χ1n) is 11.1. The van der Waals surface area contributed by atoms with Crippen LogP contribution in [0.5, 0.6) is 5.75 Å². The SMILES string of the molecule is CNC(=O)C(OC(C)(C)NCCc1ccc(OCc2ccccc2)c(CO)c1)C(O)C(=O)O.CO. The molecule has 0 spiro atoms.